The van der Waals surface area contributed by atoms with E-state index >= 15 is 0 Å². The van der Waals surface area contributed by atoms with Crippen molar-refractivity contribution in [1.82, 2.24) is 0 Å². The van der Waals surface area contributed by atoms with Crippen LogP contribution < -0.4 is 0 Å². The molecule has 0 bridgehead atoms. The van der Waals surface area contributed by atoms with Crippen LogP contribution in [0.2, 0.25) is 0 Å². The van der Waals surface area contributed by atoms with E-state index in [9.17, 15) is 0 Å². The highest BCUT2D eigenvalue weighted by Crippen LogP contribution is 1.77. The van der Waals surface area contributed by atoms with Crippen LogP contribution in [0.4, 0.5) is 0 Å². The smallest absolute Gasteiger partial charge is 0.115 e. The number of hydrogen-bond acceptors (Lipinski definition) is 2. The molecule has 0 spiro atoms. The fraction of sp³-hybridized carbons (Fsp3) is 1.00. The first-order chi connectivity index (χ1) is 2.41. The molecule has 0 rings (SSSR count). The van der Waals surface area contributed by atoms with Gasteiger partial charge in [0.15, 0.2) is 0 Å². The summed E-state index contributed by atoms with van der Waals surface area (Å²) in [5.74, 6) is 0. The Morgan fingerprint density at radius 1 is 1.80 bits per heavy atom. The third kappa shape index (κ3) is 4.08. The maximum absolute atomic E-state index is 3.51. The zero-order valence-corrected chi connectivity index (χ0v) is 4.57. The molecule has 0 fully saturated rings. The average Bonchev–Trinajstić information content (AvgIpc) is 1.41. The molecule has 0 amide bonds. The summed E-state index contributed by atoms with van der Waals surface area (Å²) in [6.07, 6.45) is 0. The maximum Gasteiger partial charge on any atom is 0.115 e. The van der Waals surface area contributed by atoms with Gasteiger partial charge in [-0.25, -0.2) is 0 Å². The van der Waals surface area contributed by atoms with Crippen molar-refractivity contribution < 1.29 is 0 Å². The van der Waals surface area contributed by atoms with Gasteiger partial charge < -0.3 is 0 Å². The Bertz CT molecular complexity index is 34.6. The van der Waals surface area contributed by atoms with Crippen molar-refractivity contribution in [2.45, 2.75) is 0 Å². The average molecular weight is 137 g/mol. The summed E-state index contributed by atoms with van der Waals surface area (Å²) >= 11 is 3.05. The first-order valence-corrected chi connectivity index (χ1v) is 2.35. The molecular formula is C2H5BrN2. The van der Waals surface area contributed by atoms with E-state index in [1.165, 1.54) is 0 Å². The van der Waals surface area contributed by atoms with Gasteiger partial charge in [0.05, 0.1) is 0 Å². The Kier molecular flexibility index (Phi) is 4.15. The summed E-state index contributed by atoms with van der Waals surface area (Å²) in [5, 5.41) is 6.95. The summed E-state index contributed by atoms with van der Waals surface area (Å²) in [5.41, 5.74) is 0.615. The lowest BCUT2D eigenvalue weighted by molar-refractivity contribution is 1.09. The number of rotatable bonds is 1. The first kappa shape index (κ1) is 5.08. The molecule has 0 unspecified atom stereocenters. The number of hydrogen-bond donors (Lipinski definition) is 0. The van der Waals surface area contributed by atoms with Gasteiger partial charge in [-0.15, -0.1) is 0 Å². The molecule has 0 aromatic carbocycles. The van der Waals surface area contributed by atoms with Crippen LogP contribution >= 0.6 is 15.9 Å². The zero-order valence-electron chi connectivity index (χ0n) is 2.98. The Morgan fingerprint density at radius 3 is 2.40 bits per heavy atom. The van der Waals surface area contributed by atoms with Gasteiger partial charge >= 0.3 is 0 Å². The van der Waals surface area contributed by atoms with E-state index in [1.54, 1.807) is 7.05 Å². The molecule has 0 N–H and O–H groups in total. The molecule has 0 aliphatic heterocycles. The van der Waals surface area contributed by atoms with Gasteiger partial charge in [0.2, 0.25) is 0 Å². The fourth-order valence-electron chi connectivity index (χ4n) is 0.0535. The van der Waals surface area contributed by atoms with Crippen LogP contribution in [-0.2, 0) is 0 Å². The van der Waals surface area contributed by atoms with E-state index in [4.69, 9.17) is 0 Å². The minimum absolute atomic E-state index is 0.615. The lowest BCUT2D eigenvalue weighted by Crippen LogP contribution is -1.50. The van der Waals surface area contributed by atoms with E-state index in [0.29, 0.717) is 5.45 Å². The van der Waals surface area contributed by atoms with Crippen molar-refractivity contribution in [3.8, 4) is 0 Å². The second kappa shape index (κ2) is 4.08. The standard InChI is InChI=1S/C2H5BrN2/c1-4-5-2-3/h2H2,1H3. The van der Waals surface area contributed by atoms with Gasteiger partial charge in [-0.1, -0.05) is 15.9 Å². The third-order valence-electron chi connectivity index (χ3n) is 0.195. The van der Waals surface area contributed by atoms with E-state index in [0.717, 1.165) is 0 Å². The highest BCUT2D eigenvalue weighted by Gasteiger charge is 1.54. The van der Waals surface area contributed by atoms with Crippen molar-refractivity contribution in [2.75, 3.05) is 12.5 Å². The van der Waals surface area contributed by atoms with Gasteiger partial charge in [0.25, 0.3) is 0 Å². The van der Waals surface area contributed by atoms with Crippen molar-refractivity contribution in [2.24, 2.45) is 10.2 Å². The Labute approximate surface area is 39.4 Å². The molecule has 2 nitrogen and oxygen atoms in total. The SMILES string of the molecule is CN=NCBr. The van der Waals surface area contributed by atoms with Crippen molar-refractivity contribution in [3.63, 3.8) is 0 Å². The van der Waals surface area contributed by atoms with Gasteiger partial charge in [-0.3, -0.25) is 0 Å². The predicted octanol–water partition coefficient (Wildman–Crippen LogP) is 1.42. The number of alkyl halides is 1. The lowest BCUT2D eigenvalue weighted by atomic mass is 11.5. The van der Waals surface area contributed by atoms with Gasteiger partial charge in [-0.2, -0.15) is 10.2 Å². The predicted molar refractivity (Wildman–Crippen MR) is 24.6 cm³/mol. The second-order valence-electron chi connectivity index (χ2n) is 0.461. The molecule has 0 radical (unpaired) electrons. The quantitative estimate of drug-likeness (QED) is 0.296. The van der Waals surface area contributed by atoms with E-state index in [2.05, 4.69) is 26.2 Å². The number of nitrogens with zero attached hydrogens (tertiary/aromatic N) is 2. The van der Waals surface area contributed by atoms with E-state index in [-0.39, 0.29) is 0 Å². The Balaban J connectivity index is 2.62. The monoisotopic (exact) mass is 136 g/mol. The Hall–Kier alpha value is 0.0800. The van der Waals surface area contributed by atoms with Gasteiger partial charge in [0, 0.05) is 7.05 Å². The second-order valence-corrected chi connectivity index (χ2v) is 0.962. The zero-order chi connectivity index (χ0) is 4.12. The third-order valence-corrected chi connectivity index (χ3v) is 0.419. The molecule has 0 aliphatic carbocycles. The maximum atomic E-state index is 3.51. The molecule has 0 aromatic rings. The molecule has 0 atom stereocenters. The summed E-state index contributed by atoms with van der Waals surface area (Å²) in [4.78, 5) is 0. The van der Waals surface area contributed by atoms with Crippen LogP contribution in [0.15, 0.2) is 10.2 Å². The molecule has 5 heavy (non-hydrogen) atoms. The van der Waals surface area contributed by atoms with Crippen LogP contribution in [0.3, 0.4) is 0 Å². The molecule has 0 aromatic heterocycles. The van der Waals surface area contributed by atoms with Gasteiger partial charge in [-0.05, 0) is 0 Å². The summed E-state index contributed by atoms with van der Waals surface area (Å²) in [6, 6.07) is 0. The van der Waals surface area contributed by atoms with Crippen LogP contribution in [0.25, 0.3) is 0 Å². The highest BCUT2D eigenvalue weighted by molar-refractivity contribution is 9.09. The largest absolute Gasteiger partial charge is 0.197 e. The normalized spacial score (nSPS) is 10.0. The molecule has 30 valence electrons. The van der Waals surface area contributed by atoms with E-state index < -0.39 is 0 Å². The van der Waals surface area contributed by atoms with Crippen molar-refractivity contribution in [1.29, 1.82) is 0 Å². The minimum atomic E-state index is 0.615. The molecular weight excluding hydrogens is 132 g/mol. The van der Waals surface area contributed by atoms with Crippen molar-refractivity contribution in [3.05, 3.63) is 0 Å². The fourth-order valence-corrected chi connectivity index (χ4v) is 0.278. The lowest BCUT2D eigenvalue weighted by Gasteiger charge is -1.65. The van der Waals surface area contributed by atoms with Crippen molar-refractivity contribution >= 4 is 15.9 Å². The summed E-state index contributed by atoms with van der Waals surface area (Å²) < 4.78 is 0. The van der Waals surface area contributed by atoms with Crippen LogP contribution in [0.5, 0.6) is 0 Å². The van der Waals surface area contributed by atoms with Crippen LogP contribution in [0.1, 0.15) is 0 Å². The molecule has 0 heterocycles. The molecule has 0 saturated carbocycles. The molecule has 0 saturated heterocycles. The molecule has 0 aliphatic rings. The summed E-state index contributed by atoms with van der Waals surface area (Å²) in [7, 11) is 1.64. The van der Waals surface area contributed by atoms with Gasteiger partial charge in [0.1, 0.15) is 5.45 Å². The van der Waals surface area contributed by atoms with E-state index in [1.807, 2.05) is 0 Å². The highest BCUT2D eigenvalue weighted by atomic mass is 79.9. The number of azo groups is 1. The van der Waals surface area contributed by atoms with Crippen LogP contribution in [-0.4, -0.2) is 12.5 Å². The van der Waals surface area contributed by atoms with Crippen LogP contribution in [0, 0.1) is 0 Å². The number of halogens is 1. The minimum Gasteiger partial charge on any atom is -0.197 e. The summed E-state index contributed by atoms with van der Waals surface area (Å²) in [6.45, 7) is 0. The molecule has 3 heteroatoms. The first-order valence-electron chi connectivity index (χ1n) is 1.23. The Morgan fingerprint density at radius 2 is 2.40 bits per heavy atom. The topological polar surface area (TPSA) is 24.7 Å².